The molecule has 0 saturated heterocycles. The van der Waals surface area contributed by atoms with Gasteiger partial charge in [0.05, 0.1) is 17.8 Å². The first-order valence-electron chi connectivity index (χ1n) is 6.74. The lowest BCUT2D eigenvalue weighted by atomic mass is 10.2. The van der Waals surface area contributed by atoms with Crippen LogP contribution < -0.4 is 0 Å². The summed E-state index contributed by atoms with van der Waals surface area (Å²) in [5.41, 5.74) is 1.65. The number of para-hydroxylation sites is 1. The van der Waals surface area contributed by atoms with E-state index in [1.807, 2.05) is 35.9 Å². The van der Waals surface area contributed by atoms with E-state index in [1.54, 1.807) is 0 Å². The van der Waals surface area contributed by atoms with Gasteiger partial charge >= 0.3 is 6.18 Å². The standard InChI is InChI=1S/C14H17BrF3N3/c1-2-21-13-6-4-3-5-11(13)12(19-21)9-20(8-7-15)10-14(16,17)18/h3-6H,2,7-10H2,1H3. The van der Waals surface area contributed by atoms with Gasteiger partial charge in [-0.3, -0.25) is 9.58 Å². The molecule has 7 heteroatoms. The Balaban J connectivity index is 2.28. The highest BCUT2D eigenvalue weighted by atomic mass is 79.9. The number of alkyl halides is 4. The van der Waals surface area contributed by atoms with Crippen molar-refractivity contribution < 1.29 is 13.2 Å². The first-order chi connectivity index (χ1) is 9.94. The van der Waals surface area contributed by atoms with Crippen molar-refractivity contribution in [3.8, 4) is 0 Å². The van der Waals surface area contributed by atoms with Crippen LogP contribution in [0.3, 0.4) is 0 Å². The van der Waals surface area contributed by atoms with Crippen molar-refractivity contribution >= 4 is 26.8 Å². The molecule has 0 unspecified atom stereocenters. The van der Waals surface area contributed by atoms with Crippen LogP contribution >= 0.6 is 15.9 Å². The van der Waals surface area contributed by atoms with Gasteiger partial charge in [0, 0.05) is 30.4 Å². The van der Waals surface area contributed by atoms with E-state index >= 15 is 0 Å². The minimum Gasteiger partial charge on any atom is -0.288 e. The predicted molar refractivity (Wildman–Crippen MR) is 80.5 cm³/mol. The average Bonchev–Trinajstić information content (AvgIpc) is 2.76. The first kappa shape index (κ1) is 16.3. The van der Waals surface area contributed by atoms with Crippen LogP contribution in [0.15, 0.2) is 24.3 Å². The molecule has 21 heavy (non-hydrogen) atoms. The smallest absolute Gasteiger partial charge is 0.288 e. The SMILES string of the molecule is CCn1nc(CN(CCBr)CC(F)(F)F)c2ccccc21. The Morgan fingerprint density at radius 1 is 1.29 bits per heavy atom. The molecule has 2 rings (SSSR count). The molecule has 0 atom stereocenters. The number of hydrogen-bond donors (Lipinski definition) is 0. The number of hydrogen-bond acceptors (Lipinski definition) is 2. The molecule has 0 radical (unpaired) electrons. The third kappa shape index (κ3) is 4.20. The highest BCUT2D eigenvalue weighted by Crippen LogP contribution is 2.22. The summed E-state index contributed by atoms with van der Waals surface area (Å²) in [7, 11) is 0. The Morgan fingerprint density at radius 3 is 2.62 bits per heavy atom. The molecular weight excluding hydrogens is 347 g/mol. The number of aryl methyl sites for hydroxylation is 1. The van der Waals surface area contributed by atoms with Crippen molar-refractivity contribution in [1.29, 1.82) is 0 Å². The lowest BCUT2D eigenvalue weighted by Gasteiger charge is -2.21. The molecular formula is C14H17BrF3N3. The van der Waals surface area contributed by atoms with Gasteiger partial charge in [0.1, 0.15) is 0 Å². The second-order valence-corrected chi connectivity index (χ2v) is 5.59. The zero-order valence-electron chi connectivity index (χ0n) is 11.7. The fraction of sp³-hybridized carbons (Fsp3) is 0.500. The molecule has 0 amide bonds. The highest BCUT2D eigenvalue weighted by Gasteiger charge is 2.31. The van der Waals surface area contributed by atoms with Gasteiger partial charge < -0.3 is 0 Å². The maximum atomic E-state index is 12.6. The van der Waals surface area contributed by atoms with Gasteiger partial charge in [-0.25, -0.2) is 0 Å². The topological polar surface area (TPSA) is 21.1 Å². The zero-order chi connectivity index (χ0) is 15.5. The maximum absolute atomic E-state index is 12.6. The van der Waals surface area contributed by atoms with E-state index in [-0.39, 0.29) is 6.54 Å². The summed E-state index contributed by atoms with van der Waals surface area (Å²) in [6.45, 7) is 2.25. The summed E-state index contributed by atoms with van der Waals surface area (Å²) in [6.07, 6.45) is -4.20. The van der Waals surface area contributed by atoms with Crippen molar-refractivity contribution in [2.45, 2.75) is 26.2 Å². The van der Waals surface area contributed by atoms with Crippen LogP contribution in [0.25, 0.3) is 10.9 Å². The number of fused-ring (bicyclic) bond motifs is 1. The van der Waals surface area contributed by atoms with Crippen LogP contribution in [-0.4, -0.2) is 39.3 Å². The summed E-state index contributed by atoms with van der Waals surface area (Å²) in [5, 5.41) is 5.87. The minimum atomic E-state index is -4.20. The third-order valence-corrected chi connectivity index (χ3v) is 3.57. The zero-order valence-corrected chi connectivity index (χ0v) is 13.3. The van der Waals surface area contributed by atoms with Crippen molar-refractivity contribution in [2.75, 3.05) is 18.4 Å². The molecule has 0 aliphatic rings. The molecule has 0 fully saturated rings. The van der Waals surface area contributed by atoms with Crippen LogP contribution in [0, 0.1) is 0 Å². The van der Waals surface area contributed by atoms with E-state index in [4.69, 9.17) is 0 Å². The van der Waals surface area contributed by atoms with Crippen LogP contribution in [0.1, 0.15) is 12.6 Å². The fourth-order valence-electron chi connectivity index (χ4n) is 2.35. The summed E-state index contributed by atoms with van der Waals surface area (Å²) < 4.78 is 39.7. The van der Waals surface area contributed by atoms with Crippen LogP contribution in [0.5, 0.6) is 0 Å². The first-order valence-corrected chi connectivity index (χ1v) is 7.86. The molecule has 1 heterocycles. The van der Waals surface area contributed by atoms with Crippen molar-refractivity contribution in [3.05, 3.63) is 30.0 Å². The Hall–Kier alpha value is -1.08. The largest absolute Gasteiger partial charge is 0.401 e. The van der Waals surface area contributed by atoms with Crippen LogP contribution in [0.4, 0.5) is 13.2 Å². The fourth-order valence-corrected chi connectivity index (χ4v) is 2.85. The van der Waals surface area contributed by atoms with Crippen LogP contribution in [0.2, 0.25) is 0 Å². The van der Waals surface area contributed by atoms with E-state index < -0.39 is 12.7 Å². The van der Waals surface area contributed by atoms with Crippen molar-refractivity contribution in [2.24, 2.45) is 0 Å². The molecule has 0 spiro atoms. The molecule has 0 saturated carbocycles. The van der Waals surface area contributed by atoms with Gasteiger partial charge in [0.15, 0.2) is 0 Å². The van der Waals surface area contributed by atoms with Crippen molar-refractivity contribution in [3.63, 3.8) is 0 Å². The quantitative estimate of drug-likeness (QED) is 0.727. The van der Waals surface area contributed by atoms with Gasteiger partial charge in [-0.15, -0.1) is 0 Å². The summed E-state index contributed by atoms with van der Waals surface area (Å²) >= 11 is 3.20. The molecule has 1 aromatic carbocycles. The molecule has 116 valence electrons. The van der Waals surface area contributed by atoms with E-state index in [9.17, 15) is 13.2 Å². The Labute approximate surface area is 129 Å². The van der Waals surface area contributed by atoms with Crippen LogP contribution in [-0.2, 0) is 13.1 Å². The van der Waals surface area contributed by atoms with E-state index in [0.29, 0.717) is 24.1 Å². The lowest BCUT2D eigenvalue weighted by Crippen LogP contribution is -2.35. The summed E-state index contributed by atoms with van der Waals surface area (Å²) in [5.74, 6) is 0. The predicted octanol–water partition coefficient (Wildman–Crippen LogP) is 3.82. The number of halogens is 4. The molecule has 0 bridgehead atoms. The van der Waals surface area contributed by atoms with Gasteiger partial charge in [0.2, 0.25) is 0 Å². The van der Waals surface area contributed by atoms with E-state index in [0.717, 1.165) is 10.9 Å². The summed E-state index contributed by atoms with van der Waals surface area (Å²) in [6, 6.07) is 7.63. The third-order valence-electron chi connectivity index (χ3n) is 3.21. The van der Waals surface area contributed by atoms with Gasteiger partial charge in [-0.05, 0) is 13.0 Å². The molecule has 3 nitrogen and oxygen atoms in total. The normalized spacial score (nSPS) is 12.5. The Kier molecular flexibility index (Phi) is 5.27. The van der Waals surface area contributed by atoms with Gasteiger partial charge in [-0.1, -0.05) is 34.1 Å². The number of nitrogens with zero attached hydrogens (tertiary/aromatic N) is 3. The average molecular weight is 364 g/mol. The van der Waals surface area contributed by atoms with Gasteiger partial charge in [0.25, 0.3) is 0 Å². The lowest BCUT2D eigenvalue weighted by molar-refractivity contribution is -0.146. The summed E-state index contributed by atoms with van der Waals surface area (Å²) in [4.78, 5) is 1.36. The molecule has 0 N–H and O–H groups in total. The number of benzene rings is 1. The second-order valence-electron chi connectivity index (χ2n) is 4.79. The Morgan fingerprint density at radius 2 is 2.00 bits per heavy atom. The monoisotopic (exact) mass is 363 g/mol. The molecule has 2 aromatic rings. The highest BCUT2D eigenvalue weighted by molar-refractivity contribution is 9.09. The minimum absolute atomic E-state index is 0.193. The molecule has 0 aliphatic carbocycles. The number of aromatic nitrogens is 2. The molecule has 1 aromatic heterocycles. The van der Waals surface area contributed by atoms with E-state index in [1.165, 1.54) is 4.90 Å². The maximum Gasteiger partial charge on any atom is 0.401 e. The Bertz CT molecular complexity index is 595. The number of rotatable bonds is 6. The van der Waals surface area contributed by atoms with Crippen molar-refractivity contribution in [1.82, 2.24) is 14.7 Å². The van der Waals surface area contributed by atoms with Gasteiger partial charge in [-0.2, -0.15) is 18.3 Å². The van der Waals surface area contributed by atoms with E-state index in [2.05, 4.69) is 21.0 Å². The molecule has 0 aliphatic heterocycles. The second kappa shape index (κ2) is 6.79.